The van der Waals surface area contributed by atoms with Crippen molar-refractivity contribution in [1.29, 1.82) is 0 Å². The fourth-order valence-electron chi connectivity index (χ4n) is 1.99. The Morgan fingerprint density at radius 2 is 1.73 bits per heavy atom. The lowest BCUT2D eigenvalue weighted by atomic mass is 10.2. The molecule has 132 valence electrons. The van der Waals surface area contributed by atoms with Gasteiger partial charge >= 0.3 is 0 Å². The van der Waals surface area contributed by atoms with Gasteiger partial charge in [0.1, 0.15) is 6.54 Å². The lowest BCUT2D eigenvalue weighted by Gasteiger charge is -2.06. The first-order chi connectivity index (χ1) is 12.5. The van der Waals surface area contributed by atoms with Gasteiger partial charge in [-0.1, -0.05) is 27.5 Å². The number of aromatic nitrogens is 4. The van der Waals surface area contributed by atoms with E-state index in [0.29, 0.717) is 16.4 Å². The quantitative estimate of drug-likeness (QED) is 0.612. The molecule has 2 amide bonds. The van der Waals surface area contributed by atoms with Crippen molar-refractivity contribution in [2.45, 2.75) is 6.54 Å². The fourth-order valence-corrected chi connectivity index (χ4v) is 2.38. The van der Waals surface area contributed by atoms with Crippen molar-refractivity contribution >= 4 is 39.3 Å². The third kappa shape index (κ3) is 4.64. The topological polar surface area (TPSA) is 102 Å². The second kappa shape index (κ2) is 8.07. The van der Waals surface area contributed by atoms with Crippen molar-refractivity contribution < 1.29 is 9.59 Å². The van der Waals surface area contributed by atoms with Gasteiger partial charge in [0.25, 0.3) is 11.8 Å². The molecule has 0 radical (unpaired) electrons. The smallest absolute Gasteiger partial charge is 0.269 e. The van der Waals surface area contributed by atoms with E-state index in [-0.39, 0.29) is 6.54 Å². The molecule has 0 unspecified atom stereocenters. The van der Waals surface area contributed by atoms with Crippen LogP contribution < -0.4 is 10.9 Å². The highest BCUT2D eigenvalue weighted by molar-refractivity contribution is 9.10. The summed E-state index contributed by atoms with van der Waals surface area (Å²) in [5, 5.41) is 12.4. The van der Waals surface area contributed by atoms with Crippen LogP contribution >= 0.6 is 27.5 Å². The van der Waals surface area contributed by atoms with Gasteiger partial charge in [-0.25, -0.2) is 0 Å². The van der Waals surface area contributed by atoms with Gasteiger partial charge in [0.2, 0.25) is 5.82 Å². The molecule has 0 aliphatic carbocycles. The number of hydrazine groups is 1. The van der Waals surface area contributed by atoms with Crippen LogP contribution in [0.3, 0.4) is 0 Å². The number of hydrogen-bond donors (Lipinski definition) is 2. The van der Waals surface area contributed by atoms with Crippen LogP contribution in [0.4, 0.5) is 0 Å². The van der Waals surface area contributed by atoms with E-state index in [4.69, 9.17) is 11.6 Å². The first-order valence-corrected chi connectivity index (χ1v) is 8.57. The average molecular weight is 436 g/mol. The van der Waals surface area contributed by atoms with Gasteiger partial charge in [0, 0.05) is 20.6 Å². The predicted molar refractivity (Wildman–Crippen MR) is 98.0 cm³/mol. The molecule has 0 atom stereocenters. The van der Waals surface area contributed by atoms with Crippen LogP contribution in [-0.4, -0.2) is 32.0 Å². The highest BCUT2D eigenvalue weighted by Crippen LogP contribution is 2.17. The second-order valence-electron chi connectivity index (χ2n) is 5.16. The van der Waals surface area contributed by atoms with Crippen LogP contribution in [0.25, 0.3) is 11.4 Å². The maximum atomic E-state index is 11.9. The minimum atomic E-state index is -0.493. The number of carbonyl (C=O) groups excluding carboxylic acids is 2. The van der Waals surface area contributed by atoms with Gasteiger partial charge < -0.3 is 0 Å². The molecule has 1 heterocycles. The average Bonchev–Trinajstić information content (AvgIpc) is 3.09. The summed E-state index contributed by atoms with van der Waals surface area (Å²) < 4.78 is 0.935. The maximum Gasteiger partial charge on any atom is 0.269 e. The maximum absolute atomic E-state index is 11.9. The van der Waals surface area contributed by atoms with Crippen LogP contribution in [0.2, 0.25) is 5.02 Å². The number of carbonyl (C=O) groups is 2. The van der Waals surface area contributed by atoms with Crippen LogP contribution in [0.1, 0.15) is 10.4 Å². The Kier molecular flexibility index (Phi) is 5.59. The molecule has 10 heteroatoms. The molecular weight excluding hydrogens is 424 g/mol. The van der Waals surface area contributed by atoms with Crippen LogP contribution in [-0.2, 0) is 11.3 Å². The largest absolute Gasteiger partial charge is 0.271 e. The Hall–Kier alpha value is -2.78. The molecule has 1 aromatic heterocycles. The summed E-state index contributed by atoms with van der Waals surface area (Å²) in [5.41, 5.74) is 5.74. The molecule has 3 aromatic rings. The normalized spacial score (nSPS) is 10.4. The third-order valence-corrected chi connectivity index (χ3v) is 4.04. The highest BCUT2D eigenvalue weighted by Gasteiger charge is 2.11. The van der Waals surface area contributed by atoms with Gasteiger partial charge in [-0.2, -0.15) is 4.80 Å². The summed E-state index contributed by atoms with van der Waals surface area (Å²) in [4.78, 5) is 25.0. The van der Waals surface area contributed by atoms with E-state index in [0.717, 1.165) is 14.8 Å². The van der Waals surface area contributed by atoms with E-state index in [1.165, 1.54) is 0 Å². The van der Waals surface area contributed by atoms with Crippen molar-refractivity contribution in [3.63, 3.8) is 0 Å². The van der Waals surface area contributed by atoms with Crippen molar-refractivity contribution in [3.05, 3.63) is 63.6 Å². The molecular formula is C16H12BrClN6O2. The lowest BCUT2D eigenvalue weighted by molar-refractivity contribution is -0.122. The zero-order valence-corrected chi connectivity index (χ0v) is 15.5. The molecule has 2 N–H and O–H groups in total. The molecule has 0 saturated carbocycles. The lowest BCUT2D eigenvalue weighted by Crippen LogP contribution is -2.43. The monoisotopic (exact) mass is 434 g/mol. The number of benzene rings is 2. The van der Waals surface area contributed by atoms with Gasteiger partial charge in [-0.15, -0.1) is 10.2 Å². The number of halogens is 2. The molecule has 3 rings (SSSR count). The van der Waals surface area contributed by atoms with Gasteiger partial charge in [-0.3, -0.25) is 20.4 Å². The zero-order valence-electron chi connectivity index (χ0n) is 13.2. The Labute approximate surface area is 161 Å². The molecule has 26 heavy (non-hydrogen) atoms. The van der Waals surface area contributed by atoms with Crippen molar-refractivity contribution in [3.8, 4) is 11.4 Å². The van der Waals surface area contributed by atoms with E-state index >= 15 is 0 Å². The first kappa shape index (κ1) is 18.0. The highest BCUT2D eigenvalue weighted by atomic mass is 79.9. The van der Waals surface area contributed by atoms with Crippen molar-refractivity contribution in [1.82, 2.24) is 31.1 Å². The van der Waals surface area contributed by atoms with Crippen LogP contribution in [0.15, 0.2) is 53.0 Å². The van der Waals surface area contributed by atoms with Crippen molar-refractivity contribution in [2.75, 3.05) is 0 Å². The van der Waals surface area contributed by atoms with E-state index < -0.39 is 11.8 Å². The van der Waals surface area contributed by atoms with Gasteiger partial charge in [0.15, 0.2) is 0 Å². The summed E-state index contributed by atoms with van der Waals surface area (Å²) in [6.45, 7) is -0.190. The number of amides is 2. The Bertz CT molecular complexity index is 927. The third-order valence-electron chi connectivity index (χ3n) is 3.26. The molecule has 0 spiro atoms. The van der Waals surface area contributed by atoms with Gasteiger partial charge in [0.05, 0.1) is 0 Å². The van der Waals surface area contributed by atoms with E-state index in [1.54, 1.807) is 24.3 Å². The summed E-state index contributed by atoms with van der Waals surface area (Å²) >= 11 is 9.11. The molecule has 8 nitrogen and oxygen atoms in total. The summed E-state index contributed by atoms with van der Waals surface area (Å²) in [6, 6.07) is 13.6. The first-order valence-electron chi connectivity index (χ1n) is 7.40. The standard InChI is InChI=1S/C16H12BrClN6O2/c17-12-5-1-10(2-6-12)15-20-23-24(22-15)9-14(25)19-21-16(26)11-3-7-13(18)8-4-11/h1-8H,9H2,(H,19,25)(H,21,26). The molecule has 2 aromatic carbocycles. The number of nitrogens with zero attached hydrogens (tertiary/aromatic N) is 4. The Morgan fingerprint density at radius 1 is 1.04 bits per heavy atom. The van der Waals surface area contributed by atoms with E-state index in [2.05, 4.69) is 42.2 Å². The predicted octanol–water partition coefficient (Wildman–Crippen LogP) is 2.22. The number of tetrazole rings is 1. The minimum Gasteiger partial charge on any atom is -0.271 e. The summed E-state index contributed by atoms with van der Waals surface area (Å²) in [6.07, 6.45) is 0. The Morgan fingerprint density at radius 3 is 2.42 bits per heavy atom. The molecule has 0 fully saturated rings. The summed E-state index contributed by atoms with van der Waals surface area (Å²) in [7, 11) is 0. The number of rotatable bonds is 4. The van der Waals surface area contributed by atoms with Gasteiger partial charge in [-0.05, 0) is 53.7 Å². The fraction of sp³-hybridized carbons (Fsp3) is 0.0625. The molecule has 0 aliphatic heterocycles. The Balaban J connectivity index is 1.54. The SMILES string of the molecule is O=C(Cn1nnc(-c2ccc(Br)cc2)n1)NNC(=O)c1ccc(Cl)cc1. The van der Waals surface area contributed by atoms with Crippen LogP contribution in [0, 0.1) is 0 Å². The van der Waals surface area contributed by atoms with Crippen LogP contribution in [0.5, 0.6) is 0 Å². The zero-order chi connectivity index (χ0) is 18.5. The van der Waals surface area contributed by atoms with E-state index in [1.807, 2.05) is 24.3 Å². The molecule has 0 saturated heterocycles. The van der Waals surface area contributed by atoms with Crippen molar-refractivity contribution in [2.24, 2.45) is 0 Å². The second-order valence-corrected chi connectivity index (χ2v) is 6.51. The number of hydrogen-bond acceptors (Lipinski definition) is 5. The summed E-state index contributed by atoms with van der Waals surface area (Å²) in [5.74, 6) is -0.556. The molecule has 0 aliphatic rings. The van der Waals surface area contributed by atoms with E-state index in [9.17, 15) is 9.59 Å². The molecule has 0 bridgehead atoms. The minimum absolute atomic E-state index is 0.190. The number of nitrogens with one attached hydrogen (secondary N) is 2.